The SMILES string of the molecule is CCCNC(Cc1nc(C)c(C)s1)c1cccs1. The van der Waals surface area contributed by atoms with Crippen molar-refractivity contribution in [2.45, 2.75) is 39.7 Å². The normalized spacial score (nSPS) is 12.8. The third-order valence-electron chi connectivity index (χ3n) is 2.98. The van der Waals surface area contributed by atoms with E-state index in [2.05, 4.69) is 48.6 Å². The smallest absolute Gasteiger partial charge is 0.0950 e. The van der Waals surface area contributed by atoms with Gasteiger partial charge in [-0.2, -0.15) is 0 Å². The Balaban J connectivity index is 2.09. The molecule has 98 valence electrons. The molecule has 2 nitrogen and oxygen atoms in total. The molecule has 4 heteroatoms. The maximum atomic E-state index is 4.65. The van der Waals surface area contributed by atoms with Crippen LogP contribution >= 0.6 is 22.7 Å². The Bertz CT molecular complexity index is 454. The van der Waals surface area contributed by atoms with Gasteiger partial charge in [0.2, 0.25) is 0 Å². The van der Waals surface area contributed by atoms with Gasteiger partial charge in [0.05, 0.1) is 10.7 Å². The Morgan fingerprint density at radius 1 is 1.39 bits per heavy atom. The number of aryl methyl sites for hydroxylation is 2. The van der Waals surface area contributed by atoms with Crippen LogP contribution in [0.25, 0.3) is 0 Å². The van der Waals surface area contributed by atoms with Gasteiger partial charge in [-0.1, -0.05) is 13.0 Å². The molecule has 18 heavy (non-hydrogen) atoms. The molecule has 1 unspecified atom stereocenters. The zero-order valence-corrected chi connectivity index (χ0v) is 12.8. The number of aromatic nitrogens is 1. The van der Waals surface area contributed by atoms with Crippen molar-refractivity contribution in [2.24, 2.45) is 0 Å². The van der Waals surface area contributed by atoms with E-state index in [9.17, 15) is 0 Å². The summed E-state index contributed by atoms with van der Waals surface area (Å²) in [6.07, 6.45) is 2.16. The lowest BCUT2D eigenvalue weighted by molar-refractivity contribution is 0.535. The van der Waals surface area contributed by atoms with E-state index >= 15 is 0 Å². The summed E-state index contributed by atoms with van der Waals surface area (Å²) in [7, 11) is 0. The fourth-order valence-corrected chi connectivity index (χ4v) is 3.66. The lowest BCUT2D eigenvalue weighted by Crippen LogP contribution is -2.23. The molecule has 2 rings (SSSR count). The summed E-state index contributed by atoms with van der Waals surface area (Å²) >= 11 is 3.65. The third kappa shape index (κ3) is 3.40. The molecule has 0 saturated carbocycles. The predicted octanol–water partition coefficient (Wildman–Crippen LogP) is 4.10. The second-order valence-electron chi connectivity index (χ2n) is 4.48. The predicted molar refractivity (Wildman–Crippen MR) is 80.6 cm³/mol. The highest BCUT2D eigenvalue weighted by Gasteiger charge is 2.15. The Morgan fingerprint density at radius 3 is 2.78 bits per heavy atom. The second kappa shape index (κ2) is 6.45. The summed E-state index contributed by atoms with van der Waals surface area (Å²) in [5.41, 5.74) is 1.18. The second-order valence-corrected chi connectivity index (χ2v) is 6.74. The Labute approximate surface area is 117 Å². The molecule has 0 aliphatic carbocycles. The summed E-state index contributed by atoms with van der Waals surface area (Å²) in [4.78, 5) is 7.40. The highest BCUT2D eigenvalue weighted by atomic mass is 32.1. The van der Waals surface area contributed by atoms with Crippen LogP contribution < -0.4 is 5.32 Å². The molecule has 0 aliphatic heterocycles. The monoisotopic (exact) mass is 280 g/mol. The van der Waals surface area contributed by atoms with Crippen molar-refractivity contribution in [2.75, 3.05) is 6.54 Å². The van der Waals surface area contributed by atoms with Crippen LogP contribution in [0.4, 0.5) is 0 Å². The Morgan fingerprint density at radius 2 is 2.22 bits per heavy atom. The van der Waals surface area contributed by atoms with Crippen molar-refractivity contribution in [3.63, 3.8) is 0 Å². The molecule has 0 fully saturated rings. The molecule has 0 spiro atoms. The first kappa shape index (κ1) is 13.7. The molecular weight excluding hydrogens is 260 g/mol. The highest BCUT2D eigenvalue weighted by Crippen LogP contribution is 2.26. The molecule has 0 radical (unpaired) electrons. The summed E-state index contributed by atoms with van der Waals surface area (Å²) < 4.78 is 0. The molecule has 1 atom stereocenters. The maximum Gasteiger partial charge on any atom is 0.0950 e. The van der Waals surface area contributed by atoms with Crippen LogP contribution in [0.3, 0.4) is 0 Å². The lowest BCUT2D eigenvalue weighted by atomic mass is 10.1. The van der Waals surface area contributed by atoms with Crippen molar-refractivity contribution < 1.29 is 0 Å². The van der Waals surface area contributed by atoms with Gasteiger partial charge in [-0.15, -0.1) is 22.7 Å². The fourth-order valence-electron chi connectivity index (χ4n) is 1.88. The van der Waals surface area contributed by atoms with E-state index in [1.165, 1.54) is 20.5 Å². The molecule has 0 saturated heterocycles. The van der Waals surface area contributed by atoms with E-state index in [0.29, 0.717) is 6.04 Å². The van der Waals surface area contributed by atoms with Crippen molar-refractivity contribution in [1.82, 2.24) is 10.3 Å². The quantitative estimate of drug-likeness (QED) is 0.861. The molecule has 0 amide bonds. The van der Waals surface area contributed by atoms with Crippen LogP contribution in [0.1, 0.15) is 39.8 Å². The van der Waals surface area contributed by atoms with Gasteiger partial charge in [0.15, 0.2) is 0 Å². The number of hydrogen-bond donors (Lipinski definition) is 1. The fraction of sp³-hybridized carbons (Fsp3) is 0.500. The first-order valence-corrected chi connectivity index (χ1v) is 8.10. The topological polar surface area (TPSA) is 24.9 Å². The Hall–Kier alpha value is -0.710. The van der Waals surface area contributed by atoms with Gasteiger partial charge in [0.1, 0.15) is 0 Å². The minimum absolute atomic E-state index is 0.412. The van der Waals surface area contributed by atoms with E-state index < -0.39 is 0 Å². The first-order valence-electron chi connectivity index (χ1n) is 6.40. The average Bonchev–Trinajstić information content (AvgIpc) is 2.96. The number of nitrogens with one attached hydrogen (secondary N) is 1. The average molecular weight is 280 g/mol. The lowest BCUT2D eigenvalue weighted by Gasteiger charge is -2.15. The van der Waals surface area contributed by atoms with Crippen LogP contribution in [-0.2, 0) is 6.42 Å². The molecule has 0 bridgehead atoms. The van der Waals surface area contributed by atoms with Gasteiger partial charge < -0.3 is 5.32 Å². The van der Waals surface area contributed by atoms with Crippen LogP contribution in [-0.4, -0.2) is 11.5 Å². The zero-order chi connectivity index (χ0) is 13.0. The van der Waals surface area contributed by atoms with Crippen LogP contribution in [0.5, 0.6) is 0 Å². The van der Waals surface area contributed by atoms with Gasteiger partial charge in [-0.05, 0) is 38.3 Å². The number of hydrogen-bond acceptors (Lipinski definition) is 4. The van der Waals surface area contributed by atoms with Crippen LogP contribution in [0.15, 0.2) is 17.5 Å². The molecular formula is C14H20N2S2. The van der Waals surface area contributed by atoms with E-state index in [0.717, 1.165) is 19.4 Å². The van der Waals surface area contributed by atoms with Crippen molar-refractivity contribution in [3.8, 4) is 0 Å². The van der Waals surface area contributed by atoms with Gasteiger partial charge in [0.25, 0.3) is 0 Å². The van der Waals surface area contributed by atoms with Gasteiger partial charge in [-0.3, -0.25) is 0 Å². The van der Waals surface area contributed by atoms with E-state index in [1.54, 1.807) is 0 Å². The molecule has 2 aromatic heterocycles. The Kier molecular flexibility index (Phi) is 4.92. The van der Waals surface area contributed by atoms with E-state index in [-0.39, 0.29) is 0 Å². The largest absolute Gasteiger partial charge is 0.309 e. The summed E-state index contributed by atoms with van der Waals surface area (Å²) in [5, 5.41) is 7.02. The minimum Gasteiger partial charge on any atom is -0.309 e. The molecule has 1 N–H and O–H groups in total. The van der Waals surface area contributed by atoms with E-state index in [1.807, 2.05) is 22.7 Å². The van der Waals surface area contributed by atoms with Crippen LogP contribution in [0.2, 0.25) is 0 Å². The number of thiophene rings is 1. The van der Waals surface area contributed by atoms with Crippen molar-refractivity contribution in [3.05, 3.63) is 38.0 Å². The number of rotatable bonds is 6. The maximum absolute atomic E-state index is 4.65. The zero-order valence-electron chi connectivity index (χ0n) is 11.2. The molecule has 0 aromatic carbocycles. The summed E-state index contributed by atoms with van der Waals surface area (Å²) in [6.45, 7) is 7.51. The molecule has 2 aromatic rings. The standard InChI is InChI=1S/C14H20N2S2/c1-4-7-15-12(13-6-5-8-17-13)9-14-16-10(2)11(3)18-14/h5-6,8,12,15H,4,7,9H2,1-3H3. The summed E-state index contributed by atoms with van der Waals surface area (Å²) in [6, 6.07) is 4.75. The molecule has 0 aliphatic rings. The van der Waals surface area contributed by atoms with Gasteiger partial charge in [-0.25, -0.2) is 4.98 Å². The molecule has 2 heterocycles. The summed E-state index contributed by atoms with van der Waals surface area (Å²) in [5.74, 6) is 0. The first-order chi connectivity index (χ1) is 8.70. The highest BCUT2D eigenvalue weighted by molar-refractivity contribution is 7.11. The van der Waals surface area contributed by atoms with Crippen molar-refractivity contribution in [1.29, 1.82) is 0 Å². The van der Waals surface area contributed by atoms with Crippen molar-refractivity contribution >= 4 is 22.7 Å². The van der Waals surface area contributed by atoms with Gasteiger partial charge in [0, 0.05) is 22.2 Å². The minimum atomic E-state index is 0.412. The van der Waals surface area contributed by atoms with E-state index in [4.69, 9.17) is 0 Å². The number of thiazole rings is 1. The van der Waals surface area contributed by atoms with Gasteiger partial charge >= 0.3 is 0 Å². The third-order valence-corrected chi connectivity index (χ3v) is 5.06. The number of nitrogens with zero attached hydrogens (tertiary/aromatic N) is 1. The van der Waals surface area contributed by atoms with Crippen LogP contribution in [0, 0.1) is 13.8 Å².